The normalized spacial score (nSPS) is 16.1. The number of rotatable bonds is 7. The topological polar surface area (TPSA) is 53.5 Å². The number of nitrogens with zero attached hydrogens (tertiary/aromatic N) is 4. The fraction of sp³-hybridized carbons (Fsp3) is 0.714. The van der Waals surface area contributed by atoms with E-state index in [1.165, 1.54) is 0 Å². The van der Waals surface area contributed by atoms with E-state index in [4.69, 9.17) is 16.3 Å². The van der Waals surface area contributed by atoms with Gasteiger partial charge in [-0.3, -0.25) is 0 Å². The minimum Gasteiger partial charge on any atom is -0.385 e. The summed E-state index contributed by atoms with van der Waals surface area (Å²) < 4.78 is 5.05. The van der Waals surface area contributed by atoms with Gasteiger partial charge in [-0.25, -0.2) is 0 Å². The first-order valence-electron chi connectivity index (χ1n) is 7.43. The van der Waals surface area contributed by atoms with Crippen molar-refractivity contribution in [1.29, 1.82) is 0 Å². The Hall–Kier alpha value is -0.760. The molecule has 124 valence electrons. The number of aromatic nitrogens is 2. The Balaban J connectivity index is 2.13. The highest BCUT2D eigenvalue weighted by atomic mass is 35.5. The van der Waals surface area contributed by atoms with Crippen LogP contribution in [0, 0.1) is 0 Å². The summed E-state index contributed by atoms with van der Waals surface area (Å²) >= 11 is 7.95. The molecule has 0 amide bonds. The summed E-state index contributed by atoms with van der Waals surface area (Å²) in [6.07, 6.45) is 2.92. The number of hydrogen-bond donors (Lipinski definition) is 1. The fourth-order valence-corrected chi connectivity index (χ4v) is 3.28. The second-order valence-corrected chi connectivity index (χ2v) is 6.43. The van der Waals surface area contributed by atoms with E-state index < -0.39 is 0 Å². The average Bonchev–Trinajstić information content (AvgIpc) is 2.52. The SMILES string of the molecule is COCCCNc1nc(Cl)c(SC)c(N2CCN(C)CC2)n1. The smallest absolute Gasteiger partial charge is 0.226 e. The van der Waals surface area contributed by atoms with Crippen molar-refractivity contribution in [2.45, 2.75) is 11.3 Å². The summed E-state index contributed by atoms with van der Waals surface area (Å²) in [6, 6.07) is 0. The van der Waals surface area contributed by atoms with E-state index in [-0.39, 0.29) is 0 Å². The van der Waals surface area contributed by atoms with Gasteiger partial charge in [-0.05, 0) is 19.7 Å². The highest BCUT2D eigenvalue weighted by molar-refractivity contribution is 7.98. The largest absolute Gasteiger partial charge is 0.385 e. The Morgan fingerprint density at radius 2 is 2.00 bits per heavy atom. The molecule has 1 N–H and O–H groups in total. The summed E-state index contributed by atoms with van der Waals surface area (Å²) in [6.45, 7) is 5.47. The van der Waals surface area contributed by atoms with Gasteiger partial charge >= 0.3 is 0 Å². The molecule has 22 heavy (non-hydrogen) atoms. The van der Waals surface area contributed by atoms with E-state index in [1.54, 1.807) is 18.9 Å². The molecule has 0 saturated carbocycles. The Bertz CT molecular complexity index is 483. The van der Waals surface area contributed by atoms with Crippen molar-refractivity contribution in [3.8, 4) is 0 Å². The summed E-state index contributed by atoms with van der Waals surface area (Å²) in [7, 11) is 3.84. The number of ether oxygens (including phenoxy) is 1. The van der Waals surface area contributed by atoms with Crippen LogP contribution >= 0.6 is 23.4 Å². The molecule has 2 rings (SSSR count). The molecule has 0 radical (unpaired) electrons. The van der Waals surface area contributed by atoms with Crippen molar-refractivity contribution >= 4 is 35.1 Å². The fourth-order valence-electron chi connectivity index (χ4n) is 2.32. The molecule has 1 fully saturated rings. The van der Waals surface area contributed by atoms with Crippen LogP contribution in [0.15, 0.2) is 4.90 Å². The number of halogens is 1. The van der Waals surface area contributed by atoms with Crippen LogP contribution in [-0.4, -0.2) is 74.6 Å². The highest BCUT2D eigenvalue weighted by Gasteiger charge is 2.21. The molecule has 0 spiro atoms. The third-order valence-corrected chi connectivity index (χ3v) is 4.79. The van der Waals surface area contributed by atoms with E-state index >= 15 is 0 Å². The number of hydrogen-bond acceptors (Lipinski definition) is 7. The third-order valence-electron chi connectivity index (χ3n) is 3.62. The summed E-state index contributed by atoms with van der Waals surface area (Å²) in [5, 5.41) is 3.75. The van der Waals surface area contributed by atoms with Gasteiger partial charge in [0.1, 0.15) is 11.0 Å². The van der Waals surface area contributed by atoms with Gasteiger partial charge in [0, 0.05) is 46.4 Å². The molecule has 8 heteroatoms. The molecule has 1 aliphatic heterocycles. The van der Waals surface area contributed by atoms with Crippen LogP contribution in [0.1, 0.15) is 6.42 Å². The molecule has 0 atom stereocenters. The average molecular weight is 346 g/mol. The van der Waals surface area contributed by atoms with Crippen LogP contribution in [0.3, 0.4) is 0 Å². The number of piperazine rings is 1. The van der Waals surface area contributed by atoms with Gasteiger partial charge in [0.2, 0.25) is 5.95 Å². The highest BCUT2D eigenvalue weighted by Crippen LogP contribution is 2.34. The molecule has 6 nitrogen and oxygen atoms in total. The first-order valence-corrected chi connectivity index (χ1v) is 9.03. The van der Waals surface area contributed by atoms with Crippen LogP contribution in [0.5, 0.6) is 0 Å². The molecule has 1 aromatic rings. The van der Waals surface area contributed by atoms with Crippen molar-refractivity contribution in [1.82, 2.24) is 14.9 Å². The van der Waals surface area contributed by atoms with Crippen LogP contribution in [-0.2, 0) is 4.74 Å². The number of thioether (sulfide) groups is 1. The van der Waals surface area contributed by atoms with E-state index in [0.717, 1.165) is 56.5 Å². The minimum absolute atomic E-state index is 0.519. The van der Waals surface area contributed by atoms with E-state index in [9.17, 15) is 0 Å². The third kappa shape index (κ3) is 4.62. The number of nitrogens with one attached hydrogen (secondary N) is 1. The van der Waals surface area contributed by atoms with Crippen molar-refractivity contribution in [2.24, 2.45) is 0 Å². The van der Waals surface area contributed by atoms with Gasteiger partial charge in [0.25, 0.3) is 0 Å². The van der Waals surface area contributed by atoms with E-state index in [2.05, 4.69) is 32.1 Å². The maximum Gasteiger partial charge on any atom is 0.226 e. The molecule has 0 aliphatic carbocycles. The lowest BCUT2D eigenvalue weighted by atomic mass is 10.3. The lowest BCUT2D eigenvalue weighted by molar-refractivity contribution is 0.197. The van der Waals surface area contributed by atoms with Crippen molar-refractivity contribution in [3.63, 3.8) is 0 Å². The standard InChI is InChI=1S/C14H24ClN5OS/c1-19-6-8-20(9-7-19)13-11(22-3)12(15)17-14(18-13)16-5-4-10-21-2/h4-10H2,1-3H3,(H,16,17,18). The molecule has 1 aromatic heterocycles. The number of anilines is 2. The predicted octanol–water partition coefficient (Wildman–Crippen LogP) is 2.05. The van der Waals surface area contributed by atoms with Crippen molar-refractivity contribution < 1.29 is 4.74 Å². The molecule has 1 saturated heterocycles. The zero-order valence-electron chi connectivity index (χ0n) is 13.4. The van der Waals surface area contributed by atoms with Gasteiger partial charge in [-0.1, -0.05) is 11.6 Å². The van der Waals surface area contributed by atoms with Crippen LogP contribution in [0.4, 0.5) is 11.8 Å². The Morgan fingerprint density at radius 1 is 1.27 bits per heavy atom. The van der Waals surface area contributed by atoms with Crippen LogP contribution < -0.4 is 10.2 Å². The van der Waals surface area contributed by atoms with Crippen molar-refractivity contribution in [3.05, 3.63) is 5.15 Å². The monoisotopic (exact) mass is 345 g/mol. The number of methoxy groups -OCH3 is 1. The first kappa shape index (κ1) is 17.6. The van der Waals surface area contributed by atoms with Crippen LogP contribution in [0.25, 0.3) is 0 Å². The second kappa shape index (κ2) is 8.76. The molecule has 0 unspecified atom stereocenters. The zero-order chi connectivity index (χ0) is 15.9. The minimum atomic E-state index is 0.519. The quantitative estimate of drug-likeness (QED) is 0.461. The maximum absolute atomic E-state index is 6.35. The van der Waals surface area contributed by atoms with Gasteiger partial charge in [0.15, 0.2) is 0 Å². The second-order valence-electron chi connectivity index (χ2n) is 5.26. The van der Waals surface area contributed by atoms with E-state index in [0.29, 0.717) is 11.1 Å². The summed E-state index contributed by atoms with van der Waals surface area (Å²) in [4.78, 5) is 14.6. The molecule has 2 heterocycles. The Labute approximate surface area is 141 Å². The lowest BCUT2D eigenvalue weighted by Crippen LogP contribution is -2.45. The van der Waals surface area contributed by atoms with E-state index in [1.807, 2.05) is 6.26 Å². The zero-order valence-corrected chi connectivity index (χ0v) is 15.0. The number of likely N-dealkylation sites (N-methyl/N-ethyl adjacent to an activating group) is 1. The summed E-state index contributed by atoms with van der Waals surface area (Å²) in [5.74, 6) is 1.53. The van der Waals surface area contributed by atoms with Gasteiger partial charge in [0.05, 0.1) is 4.90 Å². The molecule has 0 bridgehead atoms. The Kier molecular flexibility index (Phi) is 7.01. The van der Waals surface area contributed by atoms with Gasteiger partial charge < -0.3 is 19.9 Å². The van der Waals surface area contributed by atoms with Crippen LogP contribution in [0.2, 0.25) is 5.15 Å². The molecular weight excluding hydrogens is 322 g/mol. The lowest BCUT2D eigenvalue weighted by Gasteiger charge is -2.34. The Morgan fingerprint density at radius 3 is 2.64 bits per heavy atom. The molecule has 1 aliphatic rings. The molecular formula is C14H24ClN5OS. The summed E-state index contributed by atoms with van der Waals surface area (Å²) in [5.41, 5.74) is 0. The van der Waals surface area contributed by atoms with Gasteiger partial charge in [-0.2, -0.15) is 9.97 Å². The van der Waals surface area contributed by atoms with Gasteiger partial charge in [-0.15, -0.1) is 11.8 Å². The first-order chi connectivity index (χ1) is 10.7. The van der Waals surface area contributed by atoms with Crippen molar-refractivity contribution in [2.75, 3.05) is 70.0 Å². The molecule has 0 aromatic carbocycles. The predicted molar refractivity (Wildman–Crippen MR) is 93.5 cm³/mol. The maximum atomic E-state index is 6.35.